The first kappa shape index (κ1) is 36.6. The highest BCUT2D eigenvalue weighted by Gasteiger charge is 2.59. The molecular formula is C29H24Cl6O10. The second kappa shape index (κ2) is 14.7. The molecule has 242 valence electrons. The summed E-state index contributed by atoms with van der Waals surface area (Å²) in [5.41, 5.74) is -0.851. The fourth-order valence-corrected chi connectivity index (χ4v) is 6.68. The molecule has 0 saturated heterocycles. The third-order valence-electron chi connectivity index (χ3n) is 6.75. The molecule has 1 aliphatic rings. The smallest absolute Gasteiger partial charge is 0.338 e. The molecule has 0 bridgehead atoms. The first-order valence-corrected chi connectivity index (χ1v) is 15.2. The lowest BCUT2D eigenvalue weighted by Crippen LogP contribution is -2.56. The number of ether oxygens (including phenoxy) is 3. The van der Waals surface area contributed by atoms with E-state index in [0.29, 0.717) is 0 Å². The van der Waals surface area contributed by atoms with Gasteiger partial charge in [-0.05, 0) is 43.2 Å². The van der Waals surface area contributed by atoms with Crippen LogP contribution in [0.4, 0.5) is 0 Å². The van der Waals surface area contributed by atoms with Crippen LogP contribution in [0.25, 0.3) is 0 Å². The maximum Gasteiger partial charge on any atom is 0.338 e. The molecule has 0 saturated carbocycles. The van der Waals surface area contributed by atoms with Gasteiger partial charge in [-0.15, -0.1) is 11.6 Å². The highest BCUT2D eigenvalue weighted by Crippen LogP contribution is 2.52. The molecule has 0 aromatic heterocycles. The van der Waals surface area contributed by atoms with E-state index in [0.717, 1.165) is 37.3 Å². The van der Waals surface area contributed by atoms with Crippen molar-refractivity contribution in [2.24, 2.45) is 5.92 Å². The minimum Gasteiger partial charge on any atom is -0.505 e. The molecule has 0 spiro atoms. The quantitative estimate of drug-likeness (QED) is 0.124. The van der Waals surface area contributed by atoms with Gasteiger partial charge in [0.25, 0.3) is 0 Å². The summed E-state index contributed by atoms with van der Waals surface area (Å²) < 4.78 is 16.9. The number of carbonyl (C=O) groups is 4. The fraction of sp³-hybridized carbons (Fsp3) is 0.310. The number of hydrogen-bond donors (Lipinski definition) is 3. The number of alkyl halides is 1. The number of aromatic hydroxyl groups is 2. The highest BCUT2D eigenvalue weighted by molar-refractivity contribution is 6.38. The van der Waals surface area contributed by atoms with Crippen LogP contribution < -0.4 is 0 Å². The Morgan fingerprint density at radius 3 is 1.64 bits per heavy atom. The van der Waals surface area contributed by atoms with Crippen LogP contribution in [0.1, 0.15) is 54.3 Å². The second-order valence-corrected chi connectivity index (χ2v) is 12.3. The maximum atomic E-state index is 13.3. The van der Waals surface area contributed by atoms with E-state index < -0.39 is 74.7 Å². The third-order valence-corrected chi connectivity index (χ3v) is 8.84. The van der Waals surface area contributed by atoms with E-state index in [2.05, 4.69) is 0 Å². The molecule has 10 nitrogen and oxygen atoms in total. The predicted molar refractivity (Wildman–Crippen MR) is 168 cm³/mol. The summed E-state index contributed by atoms with van der Waals surface area (Å²) in [4.78, 5) is 49.2. The predicted octanol–water partition coefficient (Wildman–Crippen LogP) is 7.91. The normalized spacial score (nSPS) is 19.3. The first-order chi connectivity index (χ1) is 21.0. The zero-order valence-corrected chi connectivity index (χ0v) is 28.0. The average Bonchev–Trinajstić information content (AvgIpc) is 2.97. The first-order valence-electron chi connectivity index (χ1n) is 13.0. The van der Waals surface area contributed by atoms with Gasteiger partial charge in [0.05, 0.1) is 42.2 Å². The van der Waals surface area contributed by atoms with Crippen molar-refractivity contribution in [2.45, 2.75) is 50.7 Å². The van der Waals surface area contributed by atoms with Crippen LogP contribution in [-0.2, 0) is 23.8 Å². The number of carboxylic acids is 1. The number of esters is 3. The largest absolute Gasteiger partial charge is 0.505 e. The number of carbonyl (C=O) groups excluding carboxylic acids is 3. The number of phenolic OH excluding ortho intramolecular Hbond substituents is 2. The number of allylic oxidation sites excluding steroid dienone is 2. The molecule has 0 amide bonds. The van der Waals surface area contributed by atoms with Crippen molar-refractivity contribution in [3.8, 4) is 11.5 Å². The number of hydrogen-bond acceptors (Lipinski definition) is 9. The van der Waals surface area contributed by atoms with Crippen LogP contribution >= 0.6 is 69.6 Å². The van der Waals surface area contributed by atoms with E-state index in [4.69, 9.17) is 83.8 Å². The second-order valence-electron chi connectivity index (χ2n) is 9.65. The van der Waals surface area contributed by atoms with E-state index in [9.17, 15) is 34.5 Å². The Labute approximate surface area is 286 Å². The van der Waals surface area contributed by atoms with Gasteiger partial charge in [0.1, 0.15) is 12.2 Å². The van der Waals surface area contributed by atoms with Crippen molar-refractivity contribution in [3.63, 3.8) is 0 Å². The molecule has 3 N–H and O–H groups in total. The molecular weight excluding hydrogens is 721 g/mol. The van der Waals surface area contributed by atoms with E-state index in [-0.39, 0.29) is 44.1 Å². The third kappa shape index (κ3) is 7.59. The van der Waals surface area contributed by atoms with Gasteiger partial charge in [0.2, 0.25) is 0 Å². The molecule has 4 unspecified atom stereocenters. The van der Waals surface area contributed by atoms with Crippen molar-refractivity contribution in [2.75, 3.05) is 0 Å². The Bertz CT molecular complexity index is 1570. The Kier molecular flexibility index (Phi) is 12.0. The van der Waals surface area contributed by atoms with Gasteiger partial charge in [-0.25, -0.2) is 14.4 Å². The van der Waals surface area contributed by atoms with Gasteiger partial charge in [-0.1, -0.05) is 71.9 Å². The average molecular weight is 745 g/mol. The number of carboxylic acid groups (broad SMARTS) is 1. The lowest BCUT2D eigenvalue weighted by Gasteiger charge is -2.45. The Morgan fingerprint density at radius 2 is 1.27 bits per heavy atom. The van der Waals surface area contributed by atoms with Gasteiger partial charge in [0.15, 0.2) is 22.1 Å². The van der Waals surface area contributed by atoms with Crippen molar-refractivity contribution in [1.29, 1.82) is 0 Å². The van der Waals surface area contributed by atoms with Crippen LogP contribution in [-0.4, -0.2) is 56.3 Å². The lowest BCUT2D eigenvalue weighted by molar-refractivity contribution is -0.139. The molecule has 3 rings (SSSR count). The minimum absolute atomic E-state index is 0.0619. The molecule has 1 aliphatic carbocycles. The standard InChI is InChI=1S/C29H24Cl6O10/c1-4-20(44-27(41)12-6-15(30)23(37)16(31)7-12)22-14(26(39)40)10-19(34)25(43-11(3)36)29(22,35)21(5-2)45-28(42)13-8-17(32)24(38)18(33)9-13/h6-10,20-22,37-38H,4-5H2,1-3H3,(H,39,40). The molecule has 4 atom stereocenters. The van der Waals surface area contributed by atoms with Crippen molar-refractivity contribution >= 4 is 93.5 Å². The molecule has 2 aromatic rings. The number of rotatable bonds is 10. The van der Waals surface area contributed by atoms with Gasteiger partial charge < -0.3 is 29.5 Å². The highest BCUT2D eigenvalue weighted by atomic mass is 35.5. The number of phenols is 2. The summed E-state index contributed by atoms with van der Waals surface area (Å²) in [5, 5.41) is 28.6. The van der Waals surface area contributed by atoms with E-state index in [1.807, 2.05) is 0 Å². The number of halogens is 6. The number of benzene rings is 2. The topological polar surface area (TPSA) is 157 Å². The van der Waals surface area contributed by atoms with Gasteiger partial charge in [-0.2, -0.15) is 0 Å². The van der Waals surface area contributed by atoms with E-state index >= 15 is 0 Å². The van der Waals surface area contributed by atoms with Crippen LogP contribution in [0.2, 0.25) is 20.1 Å². The van der Waals surface area contributed by atoms with Crippen molar-refractivity contribution in [1.82, 2.24) is 0 Å². The summed E-state index contributed by atoms with van der Waals surface area (Å²) in [6, 6.07) is 4.35. The van der Waals surface area contributed by atoms with Crippen LogP contribution in [0, 0.1) is 5.92 Å². The maximum absolute atomic E-state index is 13.3. The summed E-state index contributed by atoms with van der Waals surface area (Å²) in [6.07, 6.45) is -2.07. The summed E-state index contributed by atoms with van der Waals surface area (Å²) in [5.74, 6) is -7.45. The van der Waals surface area contributed by atoms with Crippen LogP contribution in [0.5, 0.6) is 11.5 Å². The number of aliphatic carboxylic acids is 1. The molecule has 45 heavy (non-hydrogen) atoms. The molecule has 0 fully saturated rings. The van der Waals surface area contributed by atoms with Gasteiger partial charge in [-0.3, -0.25) is 4.79 Å². The zero-order chi connectivity index (χ0) is 34.0. The van der Waals surface area contributed by atoms with Crippen molar-refractivity contribution in [3.05, 3.63) is 77.9 Å². The van der Waals surface area contributed by atoms with E-state index in [1.54, 1.807) is 13.8 Å². The molecule has 0 heterocycles. The Morgan fingerprint density at radius 1 is 0.822 bits per heavy atom. The molecule has 0 aliphatic heterocycles. The van der Waals surface area contributed by atoms with E-state index in [1.165, 1.54) is 0 Å². The molecule has 16 heteroatoms. The monoisotopic (exact) mass is 742 g/mol. The Hall–Kier alpha value is -2.86. The molecule has 0 radical (unpaired) electrons. The minimum atomic E-state index is -2.27. The lowest BCUT2D eigenvalue weighted by atomic mass is 9.72. The van der Waals surface area contributed by atoms with Gasteiger partial charge in [0, 0.05) is 12.5 Å². The Balaban J connectivity index is 2.20. The van der Waals surface area contributed by atoms with Crippen LogP contribution in [0.3, 0.4) is 0 Å². The zero-order valence-electron chi connectivity index (χ0n) is 23.5. The fourth-order valence-electron chi connectivity index (χ4n) is 4.75. The molecule has 2 aromatic carbocycles. The summed E-state index contributed by atoms with van der Waals surface area (Å²) in [6.45, 7) is 4.15. The summed E-state index contributed by atoms with van der Waals surface area (Å²) >= 11 is 37.6. The summed E-state index contributed by atoms with van der Waals surface area (Å²) in [7, 11) is 0. The van der Waals surface area contributed by atoms with Crippen molar-refractivity contribution < 1.29 is 48.7 Å². The SMILES string of the molecule is CCC(OC(=O)c1cc(Cl)c(O)c(Cl)c1)C1C(C(=O)O)=CC(Cl)=C(OC(C)=O)C1(Cl)C(CC)OC(=O)c1cc(Cl)c(O)c(Cl)c1. The van der Waals surface area contributed by atoms with Crippen LogP contribution in [0.15, 0.2) is 46.7 Å². The van der Waals surface area contributed by atoms with Gasteiger partial charge >= 0.3 is 23.9 Å².